The molecule has 5 rings (SSSR count). The molecule has 13 heteroatoms. The maximum absolute atomic E-state index is 13.7. The molecule has 0 aliphatic carbocycles. The predicted octanol–water partition coefficient (Wildman–Crippen LogP) is 4.45. The van der Waals surface area contributed by atoms with Crippen LogP contribution in [0.2, 0.25) is 0 Å². The van der Waals surface area contributed by atoms with Gasteiger partial charge in [0.15, 0.2) is 11.5 Å². The first-order valence-corrected chi connectivity index (χ1v) is 14.5. The summed E-state index contributed by atoms with van der Waals surface area (Å²) in [4.78, 5) is 42.7. The Morgan fingerprint density at radius 1 is 0.978 bits per heavy atom. The largest absolute Gasteiger partial charge is 0.497 e. The van der Waals surface area contributed by atoms with Gasteiger partial charge in [-0.15, -0.1) is 0 Å². The molecule has 5 amide bonds. The number of fused-ring (bicyclic) bond motifs is 2. The number of nitrogens with one attached hydrogen (secondary N) is 3. The zero-order valence-corrected chi connectivity index (χ0v) is 25.5. The lowest BCUT2D eigenvalue weighted by molar-refractivity contribution is 0.0371. The minimum atomic E-state index is -0.505. The summed E-state index contributed by atoms with van der Waals surface area (Å²) in [6, 6.07) is 15.5. The van der Waals surface area contributed by atoms with Crippen LogP contribution in [0.1, 0.15) is 24.2 Å². The molecule has 0 bridgehead atoms. The summed E-state index contributed by atoms with van der Waals surface area (Å²) in [5, 5.41) is 18.3. The van der Waals surface area contributed by atoms with E-state index in [-0.39, 0.29) is 49.9 Å². The number of amides is 5. The average molecular weight is 620 g/mol. The van der Waals surface area contributed by atoms with Gasteiger partial charge in [0.05, 0.1) is 31.9 Å². The van der Waals surface area contributed by atoms with Crippen LogP contribution in [0.3, 0.4) is 0 Å². The summed E-state index contributed by atoms with van der Waals surface area (Å²) in [5.41, 5.74) is 1.71. The van der Waals surface area contributed by atoms with Gasteiger partial charge >= 0.3 is 12.1 Å². The third-order valence-corrected chi connectivity index (χ3v) is 7.69. The van der Waals surface area contributed by atoms with Crippen LogP contribution in [-0.4, -0.2) is 85.7 Å². The van der Waals surface area contributed by atoms with E-state index in [1.54, 1.807) is 86.6 Å². The Bertz CT molecular complexity index is 1550. The van der Waals surface area contributed by atoms with Gasteiger partial charge in [0.2, 0.25) is 6.79 Å². The highest BCUT2D eigenvalue weighted by atomic mass is 16.7. The van der Waals surface area contributed by atoms with Crippen molar-refractivity contribution in [1.29, 1.82) is 0 Å². The third kappa shape index (κ3) is 7.32. The smallest absolute Gasteiger partial charge is 0.323 e. The van der Waals surface area contributed by atoms with E-state index in [0.717, 1.165) is 0 Å². The fourth-order valence-electron chi connectivity index (χ4n) is 5.03. The Labute approximate surface area is 261 Å². The SMILES string of the molecule is COc1ccc(NC(=O)Nc2ccc3c(c2)C(=O)N([C@@H](C)CO)C[C@H](C)[C@@H](CN(C)C(=O)Nc2ccc4c(c2)OCO4)O3)cc1. The van der Waals surface area contributed by atoms with Crippen molar-refractivity contribution in [1.82, 2.24) is 9.80 Å². The summed E-state index contributed by atoms with van der Waals surface area (Å²) >= 11 is 0. The molecule has 0 unspecified atom stereocenters. The van der Waals surface area contributed by atoms with Gasteiger partial charge in [-0.3, -0.25) is 4.79 Å². The number of likely N-dealkylation sites (N-methyl/N-ethyl adjacent to an activating group) is 1. The number of hydrogen-bond acceptors (Lipinski definition) is 8. The van der Waals surface area contributed by atoms with Crippen LogP contribution in [-0.2, 0) is 0 Å². The molecule has 3 atom stereocenters. The third-order valence-electron chi connectivity index (χ3n) is 7.69. The Kier molecular flexibility index (Phi) is 9.48. The predicted molar refractivity (Wildman–Crippen MR) is 167 cm³/mol. The van der Waals surface area contributed by atoms with Gasteiger partial charge in [0.1, 0.15) is 17.6 Å². The van der Waals surface area contributed by atoms with Crippen LogP contribution in [0.15, 0.2) is 60.7 Å². The van der Waals surface area contributed by atoms with Crippen molar-refractivity contribution in [3.63, 3.8) is 0 Å². The summed E-state index contributed by atoms with van der Waals surface area (Å²) in [5.74, 6) is 1.59. The molecular formula is C32H37N5O8. The maximum atomic E-state index is 13.7. The van der Waals surface area contributed by atoms with Gasteiger partial charge < -0.3 is 49.8 Å². The van der Waals surface area contributed by atoms with Crippen LogP contribution in [0.5, 0.6) is 23.0 Å². The van der Waals surface area contributed by atoms with Crippen LogP contribution in [0.25, 0.3) is 0 Å². The van der Waals surface area contributed by atoms with Gasteiger partial charge in [-0.25, -0.2) is 9.59 Å². The number of aliphatic hydroxyl groups excluding tert-OH is 1. The molecule has 2 heterocycles. The van der Waals surface area contributed by atoms with Gasteiger partial charge in [-0.05, 0) is 61.5 Å². The highest BCUT2D eigenvalue weighted by Crippen LogP contribution is 2.34. The summed E-state index contributed by atoms with van der Waals surface area (Å²) in [7, 11) is 3.22. The van der Waals surface area contributed by atoms with Crippen molar-refractivity contribution >= 4 is 35.0 Å². The molecule has 0 spiro atoms. The molecule has 45 heavy (non-hydrogen) atoms. The summed E-state index contributed by atoms with van der Waals surface area (Å²) < 4.78 is 22.3. The number of nitrogens with zero attached hydrogens (tertiary/aromatic N) is 2. The Hall–Kier alpha value is -5.17. The van der Waals surface area contributed by atoms with Gasteiger partial charge in [-0.2, -0.15) is 0 Å². The molecular weight excluding hydrogens is 582 g/mol. The van der Waals surface area contributed by atoms with Gasteiger partial charge in [0.25, 0.3) is 5.91 Å². The fourth-order valence-corrected chi connectivity index (χ4v) is 5.03. The summed E-state index contributed by atoms with van der Waals surface area (Å²) in [6.45, 7) is 4.07. The van der Waals surface area contributed by atoms with E-state index in [9.17, 15) is 19.5 Å². The quantitative estimate of drug-likeness (QED) is 0.289. The molecule has 0 saturated carbocycles. The Balaban J connectivity index is 1.32. The second kappa shape index (κ2) is 13.6. The number of ether oxygens (including phenoxy) is 4. The Morgan fingerprint density at radius 3 is 2.33 bits per heavy atom. The lowest BCUT2D eigenvalue weighted by Crippen LogP contribution is -2.50. The molecule has 2 aliphatic rings. The van der Waals surface area contributed by atoms with Crippen LogP contribution < -0.4 is 34.9 Å². The standard InChI is InChI=1S/C32H37N5O8/c1-19-15-37(20(2)17-38)30(39)25-13-22(34-31(40)33-21-5-9-24(42-4)10-6-21)7-11-26(25)45-29(19)16-36(3)32(41)35-23-8-12-27-28(14-23)44-18-43-27/h5-14,19-20,29,38H,15-18H2,1-4H3,(H,35,41)(H2,33,34,40)/t19-,20-,29+/m0/s1. The number of methoxy groups -OCH3 is 1. The van der Waals surface area contributed by atoms with Crippen molar-refractivity contribution < 1.29 is 38.4 Å². The zero-order chi connectivity index (χ0) is 32.1. The first-order valence-electron chi connectivity index (χ1n) is 14.5. The van der Waals surface area contributed by atoms with E-state index in [1.807, 2.05) is 6.92 Å². The molecule has 0 fully saturated rings. The highest BCUT2D eigenvalue weighted by Gasteiger charge is 2.34. The van der Waals surface area contributed by atoms with Gasteiger partial charge in [-0.1, -0.05) is 6.92 Å². The molecule has 0 saturated heterocycles. The first-order chi connectivity index (χ1) is 21.6. The minimum absolute atomic E-state index is 0.133. The van der Waals surface area contributed by atoms with Crippen molar-refractivity contribution in [2.75, 3.05) is 56.6 Å². The number of aliphatic hydroxyl groups is 1. The number of urea groups is 2. The van der Waals surface area contributed by atoms with Crippen LogP contribution in [0.4, 0.5) is 26.7 Å². The van der Waals surface area contributed by atoms with E-state index in [2.05, 4.69) is 16.0 Å². The van der Waals surface area contributed by atoms with E-state index in [4.69, 9.17) is 18.9 Å². The monoisotopic (exact) mass is 619 g/mol. The highest BCUT2D eigenvalue weighted by molar-refractivity contribution is 6.02. The number of carbonyl (C=O) groups excluding carboxylic acids is 3. The van der Waals surface area contributed by atoms with Crippen molar-refractivity contribution in [2.45, 2.75) is 26.0 Å². The van der Waals surface area contributed by atoms with E-state index >= 15 is 0 Å². The van der Waals surface area contributed by atoms with E-state index in [0.29, 0.717) is 40.1 Å². The lowest BCUT2D eigenvalue weighted by Gasteiger charge is -2.38. The number of anilines is 3. The molecule has 4 N–H and O–H groups in total. The van der Waals surface area contributed by atoms with Crippen LogP contribution in [0, 0.1) is 5.92 Å². The van der Waals surface area contributed by atoms with Crippen molar-refractivity contribution in [3.05, 3.63) is 66.2 Å². The average Bonchev–Trinajstić information content (AvgIpc) is 3.51. The number of rotatable bonds is 8. The first kappa shape index (κ1) is 31.3. The second-order valence-electron chi connectivity index (χ2n) is 11.0. The van der Waals surface area contributed by atoms with E-state index in [1.165, 1.54) is 4.90 Å². The molecule has 3 aromatic rings. The minimum Gasteiger partial charge on any atom is -0.497 e. The normalized spacial score (nSPS) is 17.6. The molecule has 238 valence electrons. The maximum Gasteiger partial charge on any atom is 0.323 e. The summed E-state index contributed by atoms with van der Waals surface area (Å²) in [6.07, 6.45) is -0.505. The topological polar surface area (TPSA) is 151 Å². The fraction of sp³-hybridized carbons (Fsp3) is 0.344. The second-order valence-corrected chi connectivity index (χ2v) is 11.0. The van der Waals surface area contributed by atoms with Gasteiger partial charge in [0, 0.05) is 42.6 Å². The number of hydrogen-bond donors (Lipinski definition) is 4. The number of benzene rings is 3. The van der Waals surface area contributed by atoms with Crippen molar-refractivity contribution in [2.24, 2.45) is 5.92 Å². The van der Waals surface area contributed by atoms with E-state index < -0.39 is 18.2 Å². The Morgan fingerprint density at radius 2 is 1.62 bits per heavy atom. The molecule has 0 aromatic heterocycles. The number of carbonyl (C=O) groups is 3. The van der Waals surface area contributed by atoms with Crippen molar-refractivity contribution in [3.8, 4) is 23.0 Å². The molecule has 13 nitrogen and oxygen atoms in total. The molecule has 0 radical (unpaired) electrons. The lowest BCUT2D eigenvalue weighted by atomic mass is 9.99. The molecule has 3 aromatic carbocycles. The zero-order valence-electron chi connectivity index (χ0n) is 25.5. The van der Waals surface area contributed by atoms with Crippen LogP contribution >= 0.6 is 0 Å². The molecule has 2 aliphatic heterocycles.